The molecule has 0 bridgehead atoms. The van der Waals surface area contributed by atoms with Gasteiger partial charge in [-0.15, -0.1) is 0 Å². The zero-order valence-electron chi connectivity index (χ0n) is 12.0. The van der Waals surface area contributed by atoms with Crippen molar-refractivity contribution >= 4 is 0 Å². The van der Waals surface area contributed by atoms with Gasteiger partial charge < -0.3 is 10.5 Å². The van der Waals surface area contributed by atoms with Gasteiger partial charge in [0, 0.05) is 30.3 Å². The monoisotopic (exact) mass is 284 g/mol. The van der Waals surface area contributed by atoms with Gasteiger partial charge in [0.2, 0.25) is 0 Å². The van der Waals surface area contributed by atoms with Crippen molar-refractivity contribution in [1.29, 1.82) is 0 Å². The molecule has 0 spiro atoms. The van der Waals surface area contributed by atoms with Gasteiger partial charge in [-0.3, -0.25) is 4.90 Å². The van der Waals surface area contributed by atoms with Crippen molar-refractivity contribution in [3.63, 3.8) is 0 Å². The summed E-state index contributed by atoms with van der Waals surface area (Å²) in [4.78, 5) is 2.24. The second-order valence-electron chi connectivity index (χ2n) is 5.45. The molecule has 2 N–H and O–H groups in total. The minimum atomic E-state index is -0.581. The third-order valence-corrected chi connectivity index (χ3v) is 4.42. The van der Waals surface area contributed by atoms with Gasteiger partial charge in [0.1, 0.15) is 11.6 Å². The first-order valence-electron chi connectivity index (χ1n) is 7.02. The predicted molar refractivity (Wildman–Crippen MR) is 74.4 cm³/mol. The normalized spacial score (nSPS) is 21.4. The first kappa shape index (κ1) is 15.4. The number of rotatable bonds is 4. The SMILES string of the molecule is CCC(C)(C(N)c1ccc(F)cc1F)N1CCOCC1. The molecule has 1 aromatic rings. The van der Waals surface area contributed by atoms with Gasteiger partial charge in [0.25, 0.3) is 0 Å². The molecule has 1 heterocycles. The molecular weight excluding hydrogens is 262 g/mol. The van der Waals surface area contributed by atoms with E-state index < -0.39 is 17.7 Å². The van der Waals surface area contributed by atoms with Gasteiger partial charge >= 0.3 is 0 Å². The van der Waals surface area contributed by atoms with E-state index in [0.29, 0.717) is 18.8 Å². The zero-order chi connectivity index (χ0) is 14.8. The summed E-state index contributed by atoms with van der Waals surface area (Å²) in [6.07, 6.45) is 0.783. The van der Waals surface area contributed by atoms with Crippen molar-refractivity contribution in [3.05, 3.63) is 35.4 Å². The lowest BCUT2D eigenvalue weighted by Crippen LogP contribution is -2.56. The molecule has 0 radical (unpaired) electrons. The lowest BCUT2D eigenvalue weighted by atomic mass is 9.83. The van der Waals surface area contributed by atoms with Crippen LogP contribution in [-0.2, 0) is 4.74 Å². The van der Waals surface area contributed by atoms with Crippen LogP contribution in [0.1, 0.15) is 31.9 Å². The standard InChI is InChI=1S/C15H22F2N2O/c1-3-15(2,19-6-8-20-9-7-19)14(18)12-5-4-11(16)10-13(12)17/h4-5,10,14H,3,6-9,18H2,1-2H3. The van der Waals surface area contributed by atoms with E-state index in [1.165, 1.54) is 12.1 Å². The molecule has 5 heteroatoms. The average molecular weight is 284 g/mol. The Kier molecular flexibility index (Phi) is 4.73. The summed E-state index contributed by atoms with van der Waals surface area (Å²) in [7, 11) is 0. The molecule has 1 aliphatic rings. The van der Waals surface area contributed by atoms with Crippen LogP contribution < -0.4 is 5.73 Å². The van der Waals surface area contributed by atoms with Crippen LogP contribution >= 0.6 is 0 Å². The Morgan fingerprint density at radius 1 is 1.35 bits per heavy atom. The highest BCUT2D eigenvalue weighted by Gasteiger charge is 2.38. The summed E-state index contributed by atoms with van der Waals surface area (Å²) in [5.41, 5.74) is 6.31. The largest absolute Gasteiger partial charge is 0.379 e. The second kappa shape index (κ2) is 6.16. The minimum absolute atomic E-state index is 0.363. The second-order valence-corrected chi connectivity index (χ2v) is 5.45. The van der Waals surface area contributed by atoms with Crippen LogP contribution in [0.15, 0.2) is 18.2 Å². The van der Waals surface area contributed by atoms with Gasteiger partial charge in [-0.25, -0.2) is 8.78 Å². The first-order valence-corrected chi connectivity index (χ1v) is 7.02. The summed E-state index contributed by atoms with van der Waals surface area (Å²) >= 11 is 0. The minimum Gasteiger partial charge on any atom is -0.379 e. The number of hydrogen-bond donors (Lipinski definition) is 1. The molecule has 0 aliphatic carbocycles. The van der Waals surface area contributed by atoms with E-state index in [0.717, 1.165) is 25.6 Å². The summed E-state index contributed by atoms with van der Waals surface area (Å²) in [5, 5.41) is 0. The summed E-state index contributed by atoms with van der Waals surface area (Å²) in [6, 6.07) is 3.09. The molecule has 1 aromatic carbocycles. The van der Waals surface area contributed by atoms with Crippen molar-refractivity contribution < 1.29 is 13.5 Å². The predicted octanol–water partition coefficient (Wildman–Crippen LogP) is 2.47. The average Bonchev–Trinajstić information content (AvgIpc) is 2.46. The number of nitrogens with zero attached hydrogens (tertiary/aromatic N) is 1. The Bertz CT molecular complexity index is 463. The Labute approximate surface area is 118 Å². The fourth-order valence-corrected chi connectivity index (χ4v) is 2.80. The molecule has 112 valence electrons. The Balaban J connectivity index is 2.29. The molecule has 1 saturated heterocycles. The Hall–Kier alpha value is -1.04. The van der Waals surface area contributed by atoms with Crippen molar-refractivity contribution in [2.24, 2.45) is 5.73 Å². The number of benzene rings is 1. The maximum atomic E-state index is 14.0. The van der Waals surface area contributed by atoms with Crippen LogP contribution in [0.3, 0.4) is 0 Å². The number of ether oxygens (including phenoxy) is 1. The number of nitrogens with two attached hydrogens (primary N) is 1. The Morgan fingerprint density at radius 3 is 2.55 bits per heavy atom. The molecule has 0 saturated carbocycles. The summed E-state index contributed by atoms with van der Waals surface area (Å²) < 4.78 is 32.4. The van der Waals surface area contributed by atoms with E-state index >= 15 is 0 Å². The van der Waals surface area contributed by atoms with E-state index in [-0.39, 0.29) is 5.54 Å². The van der Waals surface area contributed by atoms with Crippen LogP contribution in [0.4, 0.5) is 8.78 Å². The van der Waals surface area contributed by atoms with E-state index in [2.05, 4.69) is 4.90 Å². The van der Waals surface area contributed by atoms with Crippen LogP contribution in [0.25, 0.3) is 0 Å². The zero-order valence-corrected chi connectivity index (χ0v) is 12.0. The lowest BCUT2D eigenvalue weighted by Gasteiger charge is -2.46. The topological polar surface area (TPSA) is 38.5 Å². The van der Waals surface area contributed by atoms with Crippen LogP contribution in [0, 0.1) is 11.6 Å². The van der Waals surface area contributed by atoms with Gasteiger partial charge in [-0.05, 0) is 19.4 Å². The molecule has 2 unspecified atom stereocenters. The molecule has 0 aromatic heterocycles. The summed E-state index contributed by atoms with van der Waals surface area (Å²) in [5.74, 6) is -1.16. The molecule has 0 amide bonds. The van der Waals surface area contributed by atoms with Crippen molar-refractivity contribution in [2.45, 2.75) is 31.8 Å². The Morgan fingerprint density at radius 2 is 2.00 bits per heavy atom. The third kappa shape index (κ3) is 2.85. The molecule has 1 aliphatic heterocycles. The fraction of sp³-hybridized carbons (Fsp3) is 0.600. The molecular formula is C15H22F2N2O. The van der Waals surface area contributed by atoms with Crippen LogP contribution in [-0.4, -0.2) is 36.7 Å². The highest BCUT2D eigenvalue weighted by molar-refractivity contribution is 5.25. The fourth-order valence-electron chi connectivity index (χ4n) is 2.80. The maximum absolute atomic E-state index is 14.0. The highest BCUT2D eigenvalue weighted by atomic mass is 19.1. The van der Waals surface area contributed by atoms with E-state index in [9.17, 15) is 8.78 Å². The third-order valence-electron chi connectivity index (χ3n) is 4.42. The number of hydrogen-bond acceptors (Lipinski definition) is 3. The number of morpholine rings is 1. The van der Waals surface area contributed by atoms with E-state index in [4.69, 9.17) is 10.5 Å². The van der Waals surface area contributed by atoms with Gasteiger partial charge in [0.15, 0.2) is 0 Å². The molecule has 20 heavy (non-hydrogen) atoms. The van der Waals surface area contributed by atoms with Crippen molar-refractivity contribution in [2.75, 3.05) is 26.3 Å². The number of halogens is 2. The van der Waals surface area contributed by atoms with Gasteiger partial charge in [-0.1, -0.05) is 13.0 Å². The van der Waals surface area contributed by atoms with E-state index in [1.54, 1.807) is 0 Å². The lowest BCUT2D eigenvalue weighted by molar-refractivity contribution is -0.0281. The first-order chi connectivity index (χ1) is 9.49. The smallest absolute Gasteiger partial charge is 0.130 e. The van der Waals surface area contributed by atoms with Gasteiger partial charge in [-0.2, -0.15) is 0 Å². The van der Waals surface area contributed by atoms with Crippen LogP contribution in [0.2, 0.25) is 0 Å². The van der Waals surface area contributed by atoms with Crippen molar-refractivity contribution in [1.82, 2.24) is 4.90 Å². The van der Waals surface area contributed by atoms with Crippen molar-refractivity contribution in [3.8, 4) is 0 Å². The molecule has 2 rings (SSSR count). The van der Waals surface area contributed by atoms with E-state index in [1.807, 2.05) is 13.8 Å². The van der Waals surface area contributed by atoms with Gasteiger partial charge in [0.05, 0.1) is 19.3 Å². The molecule has 1 fully saturated rings. The molecule has 3 nitrogen and oxygen atoms in total. The maximum Gasteiger partial charge on any atom is 0.130 e. The van der Waals surface area contributed by atoms with Crippen LogP contribution in [0.5, 0.6) is 0 Å². The summed E-state index contributed by atoms with van der Waals surface area (Å²) in [6.45, 7) is 6.95. The quantitative estimate of drug-likeness (QED) is 0.923. The molecule has 2 atom stereocenters. The highest BCUT2D eigenvalue weighted by Crippen LogP contribution is 2.34.